The van der Waals surface area contributed by atoms with Crippen LogP contribution < -0.4 is 4.90 Å². The number of aryl methyl sites for hydroxylation is 1. The maximum absolute atomic E-state index is 12.9. The summed E-state index contributed by atoms with van der Waals surface area (Å²) in [4.78, 5) is 40.0. The Morgan fingerprint density at radius 3 is 2.47 bits per heavy atom. The Kier molecular flexibility index (Phi) is 8.37. The molecule has 1 aromatic carbocycles. The highest BCUT2D eigenvalue weighted by atomic mass is 35.5. The van der Waals surface area contributed by atoms with E-state index in [4.69, 9.17) is 11.6 Å². The van der Waals surface area contributed by atoms with E-state index in [1.165, 1.54) is 11.8 Å². The highest BCUT2D eigenvalue weighted by Crippen LogP contribution is 2.25. The lowest BCUT2D eigenvalue weighted by Crippen LogP contribution is -2.54. The molecule has 1 aliphatic rings. The van der Waals surface area contributed by atoms with Crippen molar-refractivity contribution in [3.63, 3.8) is 0 Å². The first kappa shape index (κ1) is 24.3. The van der Waals surface area contributed by atoms with Crippen LogP contribution in [0.5, 0.6) is 0 Å². The minimum Gasteiger partial charge on any atom is -0.353 e. The SMILES string of the molecule is CCN(CC)C(=O)CSc1nc(Cl)cc(N2CCN(C(=O)c3ccc(C)cc3)C(C)C2)n1. The third-order valence-corrected chi connectivity index (χ3v) is 6.64. The quantitative estimate of drug-likeness (QED) is 0.345. The largest absolute Gasteiger partial charge is 0.353 e. The molecule has 0 aliphatic carbocycles. The normalized spacial score (nSPS) is 16.2. The predicted molar refractivity (Wildman–Crippen MR) is 130 cm³/mol. The number of halogens is 1. The summed E-state index contributed by atoms with van der Waals surface area (Å²) in [6.45, 7) is 11.2. The van der Waals surface area contributed by atoms with Crippen molar-refractivity contribution in [2.45, 2.75) is 38.9 Å². The Bertz CT molecular complexity index is 952. The number of piperazine rings is 1. The van der Waals surface area contributed by atoms with E-state index in [1.54, 1.807) is 11.0 Å². The molecule has 0 saturated carbocycles. The standard InChI is InChI=1S/C23H30ClN5O2S/c1-5-27(6-2)21(30)15-32-23-25-19(24)13-20(26-23)28-11-12-29(17(4)14-28)22(31)18-9-7-16(3)8-10-18/h7-10,13,17H,5-6,11-12,14-15H2,1-4H3. The zero-order valence-electron chi connectivity index (χ0n) is 19.0. The number of anilines is 1. The van der Waals surface area contributed by atoms with Gasteiger partial charge in [0, 0.05) is 50.4 Å². The summed E-state index contributed by atoms with van der Waals surface area (Å²) in [6, 6.07) is 9.44. The van der Waals surface area contributed by atoms with Gasteiger partial charge < -0.3 is 14.7 Å². The third-order valence-electron chi connectivity index (χ3n) is 5.61. The third kappa shape index (κ3) is 5.92. The van der Waals surface area contributed by atoms with Crippen LogP contribution in [0.2, 0.25) is 5.15 Å². The average Bonchev–Trinajstić information content (AvgIpc) is 2.78. The highest BCUT2D eigenvalue weighted by Gasteiger charge is 2.29. The van der Waals surface area contributed by atoms with E-state index in [-0.39, 0.29) is 23.6 Å². The van der Waals surface area contributed by atoms with Gasteiger partial charge >= 0.3 is 0 Å². The zero-order valence-corrected chi connectivity index (χ0v) is 20.6. The molecular weight excluding hydrogens is 446 g/mol. The fourth-order valence-electron chi connectivity index (χ4n) is 3.74. The first-order chi connectivity index (χ1) is 15.3. The van der Waals surface area contributed by atoms with E-state index in [1.807, 2.05) is 56.9 Å². The Labute approximate surface area is 199 Å². The first-order valence-corrected chi connectivity index (χ1v) is 12.3. The molecule has 0 bridgehead atoms. The molecule has 172 valence electrons. The van der Waals surface area contributed by atoms with Crippen molar-refractivity contribution in [3.8, 4) is 0 Å². The molecule has 1 aromatic heterocycles. The molecule has 2 amide bonds. The molecule has 32 heavy (non-hydrogen) atoms. The van der Waals surface area contributed by atoms with Crippen LogP contribution in [0.15, 0.2) is 35.5 Å². The number of hydrogen-bond acceptors (Lipinski definition) is 6. The molecule has 7 nitrogen and oxygen atoms in total. The number of carbonyl (C=O) groups is 2. The summed E-state index contributed by atoms with van der Waals surface area (Å²) >= 11 is 7.55. The van der Waals surface area contributed by atoms with Gasteiger partial charge in [0.05, 0.1) is 5.75 Å². The van der Waals surface area contributed by atoms with Crippen molar-refractivity contribution in [1.82, 2.24) is 19.8 Å². The van der Waals surface area contributed by atoms with Gasteiger partial charge in [-0.1, -0.05) is 41.1 Å². The second kappa shape index (κ2) is 11.0. The molecule has 1 fully saturated rings. The molecule has 1 atom stereocenters. The predicted octanol–water partition coefficient (Wildman–Crippen LogP) is 3.75. The molecular formula is C23H30ClN5O2S. The van der Waals surface area contributed by atoms with Gasteiger partial charge in [0.1, 0.15) is 11.0 Å². The van der Waals surface area contributed by atoms with Crippen molar-refractivity contribution in [2.75, 3.05) is 43.4 Å². The van der Waals surface area contributed by atoms with E-state index < -0.39 is 0 Å². The molecule has 2 aromatic rings. The van der Waals surface area contributed by atoms with Gasteiger partial charge in [0.25, 0.3) is 5.91 Å². The van der Waals surface area contributed by atoms with E-state index in [9.17, 15) is 9.59 Å². The number of thioether (sulfide) groups is 1. The summed E-state index contributed by atoms with van der Waals surface area (Å²) in [5.74, 6) is 1.10. The Hall–Kier alpha value is -2.32. The average molecular weight is 476 g/mol. The Morgan fingerprint density at radius 1 is 1.16 bits per heavy atom. The summed E-state index contributed by atoms with van der Waals surface area (Å²) < 4.78 is 0. The fourth-order valence-corrected chi connectivity index (χ4v) is 4.72. The van der Waals surface area contributed by atoms with Gasteiger partial charge in [0.15, 0.2) is 5.16 Å². The molecule has 3 rings (SSSR count). The molecule has 0 N–H and O–H groups in total. The van der Waals surface area contributed by atoms with Gasteiger partial charge in [-0.3, -0.25) is 9.59 Å². The van der Waals surface area contributed by atoms with Crippen LogP contribution in [0.3, 0.4) is 0 Å². The molecule has 1 saturated heterocycles. The van der Waals surface area contributed by atoms with Gasteiger partial charge in [-0.05, 0) is 39.8 Å². The summed E-state index contributed by atoms with van der Waals surface area (Å²) in [5, 5.41) is 0.831. The van der Waals surface area contributed by atoms with Gasteiger partial charge in [-0.25, -0.2) is 9.97 Å². The summed E-state index contributed by atoms with van der Waals surface area (Å²) in [6.07, 6.45) is 0. The molecule has 9 heteroatoms. The highest BCUT2D eigenvalue weighted by molar-refractivity contribution is 7.99. The van der Waals surface area contributed by atoms with Gasteiger partial charge in [-0.15, -0.1) is 0 Å². The van der Waals surface area contributed by atoms with Crippen molar-refractivity contribution in [1.29, 1.82) is 0 Å². The van der Waals surface area contributed by atoms with E-state index in [0.29, 0.717) is 48.6 Å². The minimum atomic E-state index is 0.0200. The molecule has 1 aliphatic heterocycles. The number of benzene rings is 1. The number of nitrogens with zero attached hydrogens (tertiary/aromatic N) is 5. The molecule has 0 radical (unpaired) electrons. The van der Waals surface area contributed by atoms with Crippen molar-refractivity contribution in [2.24, 2.45) is 0 Å². The molecule has 0 spiro atoms. The van der Waals surface area contributed by atoms with Crippen molar-refractivity contribution >= 4 is 41.0 Å². The Balaban J connectivity index is 1.66. The summed E-state index contributed by atoms with van der Waals surface area (Å²) in [7, 11) is 0. The number of hydrogen-bond donors (Lipinski definition) is 0. The summed E-state index contributed by atoms with van der Waals surface area (Å²) in [5.41, 5.74) is 1.84. The number of carbonyl (C=O) groups excluding carboxylic acids is 2. The lowest BCUT2D eigenvalue weighted by molar-refractivity contribution is -0.127. The number of rotatable bonds is 7. The Morgan fingerprint density at radius 2 is 1.84 bits per heavy atom. The maximum atomic E-state index is 12.9. The first-order valence-electron chi connectivity index (χ1n) is 10.9. The zero-order chi connectivity index (χ0) is 23.3. The monoisotopic (exact) mass is 475 g/mol. The van der Waals surface area contributed by atoms with E-state index in [2.05, 4.69) is 14.9 Å². The van der Waals surface area contributed by atoms with E-state index >= 15 is 0 Å². The lowest BCUT2D eigenvalue weighted by atomic mass is 10.1. The number of amides is 2. The minimum absolute atomic E-state index is 0.0200. The topological polar surface area (TPSA) is 69.6 Å². The van der Waals surface area contributed by atoms with Crippen LogP contribution >= 0.6 is 23.4 Å². The second-order valence-corrected chi connectivity index (χ2v) is 9.18. The maximum Gasteiger partial charge on any atom is 0.254 e. The van der Waals surface area contributed by atoms with Crippen LogP contribution in [-0.2, 0) is 4.79 Å². The van der Waals surface area contributed by atoms with Crippen LogP contribution in [0.4, 0.5) is 5.82 Å². The van der Waals surface area contributed by atoms with Gasteiger partial charge in [-0.2, -0.15) is 0 Å². The fraction of sp³-hybridized carbons (Fsp3) is 0.478. The van der Waals surface area contributed by atoms with Crippen molar-refractivity contribution in [3.05, 3.63) is 46.6 Å². The molecule has 1 unspecified atom stereocenters. The lowest BCUT2D eigenvalue weighted by Gasteiger charge is -2.40. The van der Waals surface area contributed by atoms with Crippen LogP contribution in [0, 0.1) is 6.92 Å². The smallest absolute Gasteiger partial charge is 0.254 e. The second-order valence-electron chi connectivity index (χ2n) is 7.85. The van der Waals surface area contributed by atoms with Gasteiger partial charge in [0.2, 0.25) is 5.91 Å². The van der Waals surface area contributed by atoms with E-state index in [0.717, 1.165) is 11.4 Å². The van der Waals surface area contributed by atoms with Crippen LogP contribution in [0.1, 0.15) is 36.7 Å². The van der Waals surface area contributed by atoms with Crippen LogP contribution in [-0.4, -0.2) is 76.1 Å². The van der Waals surface area contributed by atoms with Crippen LogP contribution in [0.25, 0.3) is 0 Å². The van der Waals surface area contributed by atoms with Crippen molar-refractivity contribution < 1.29 is 9.59 Å². The molecule has 2 heterocycles. The number of aromatic nitrogens is 2.